The Bertz CT molecular complexity index is 726. The lowest BCUT2D eigenvalue weighted by Crippen LogP contribution is -2.45. The van der Waals surface area contributed by atoms with Crippen LogP contribution in [-0.2, 0) is 9.53 Å². The third-order valence-corrected chi connectivity index (χ3v) is 5.00. The lowest BCUT2D eigenvalue weighted by molar-refractivity contribution is -0.157. The summed E-state index contributed by atoms with van der Waals surface area (Å²) in [6.07, 6.45) is 0.389. The Morgan fingerprint density at radius 2 is 2.17 bits per heavy atom. The molecule has 0 saturated carbocycles. The second kappa shape index (κ2) is 5.49. The highest BCUT2D eigenvalue weighted by atomic mass is 16.5. The Labute approximate surface area is 133 Å². The number of carboxylic acids is 1. The third-order valence-electron chi connectivity index (χ3n) is 5.00. The summed E-state index contributed by atoms with van der Waals surface area (Å²) in [6, 6.07) is 1.74. The molecule has 0 unspecified atom stereocenters. The van der Waals surface area contributed by atoms with Gasteiger partial charge in [-0.15, -0.1) is 0 Å². The molecule has 1 aromatic rings. The smallest absolute Gasteiger partial charge is 0.311 e. The van der Waals surface area contributed by atoms with Crippen LogP contribution in [0.5, 0.6) is 0 Å². The zero-order chi connectivity index (χ0) is 16.8. The van der Waals surface area contributed by atoms with Crippen molar-refractivity contribution in [1.29, 1.82) is 0 Å². The number of aliphatic carboxylic acids is 1. The summed E-state index contributed by atoms with van der Waals surface area (Å²) < 4.78 is 5.39. The van der Waals surface area contributed by atoms with Crippen molar-refractivity contribution < 1.29 is 19.4 Å². The number of aromatic nitrogens is 1. The molecule has 0 radical (unpaired) electrons. The second-order valence-corrected chi connectivity index (χ2v) is 6.51. The number of amides is 1. The summed E-state index contributed by atoms with van der Waals surface area (Å²) in [5, 5.41) is 9.65. The Balaban J connectivity index is 1.94. The molecule has 0 spiro atoms. The van der Waals surface area contributed by atoms with Crippen LogP contribution < -0.4 is 5.56 Å². The van der Waals surface area contributed by atoms with Crippen LogP contribution in [0.2, 0.25) is 0 Å². The fourth-order valence-electron chi connectivity index (χ4n) is 3.73. The number of nitrogens with zero attached hydrogens (tertiary/aromatic N) is 1. The van der Waals surface area contributed by atoms with Crippen LogP contribution in [0, 0.1) is 25.2 Å². The van der Waals surface area contributed by atoms with Gasteiger partial charge in [-0.2, -0.15) is 0 Å². The molecule has 1 amide bonds. The second-order valence-electron chi connectivity index (χ2n) is 6.51. The maximum absolute atomic E-state index is 12.8. The summed E-state index contributed by atoms with van der Waals surface area (Å²) >= 11 is 0. The fraction of sp³-hybridized carbons (Fsp3) is 0.562. The third kappa shape index (κ3) is 2.45. The zero-order valence-corrected chi connectivity index (χ0v) is 13.2. The molecule has 7 heteroatoms. The number of H-pyrrole nitrogens is 1. The minimum absolute atomic E-state index is 0.0932. The molecule has 3 heterocycles. The van der Waals surface area contributed by atoms with E-state index >= 15 is 0 Å². The van der Waals surface area contributed by atoms with E-state index in [1.165, 1.54) is 4.90 Å². The Morgan fingerprint density at radius 3 is 2.78 bits per heavy atom. The quantitative estimate of drug-likeness (QED) is 0.829. The molecule has 2 aliphatic heterocycles. The van der Waals surface area contributed by atoms with Crippen molar-refractivity contribution in [3.63, 3.8) is 0 Å². The molecule has 7 nitrogen and oxygen atoms in total. The molecule has 3 rings (SSSR count). The van der Waals surface area contributed by atoms with Crippen molar-refractivity contribution in [2.75, 3.05) is 26.3 Å². The summed E-state index contributed by atoms with van der Waals surface area (Å²) in [4.78, 5) is 40.8. The number of carbonyl (C=O) groups excluding carboxylic acids is 1. The van der Waals surface area contributed by atoms with E-state index in [0.717, 1.165) is 0 Å². The molecule has 0 bridgehead atoms. The Kier molecular flexibility index (Phi) is 3.75. The number of pyridine rings is 1. The number of carbonyl (C=O) groups is 2. The van der Waals surface area contributed by atoms with Gasteiger partial charge in [0.1, 0.15) is 5.56 Å². The average molecular weight is 320 g/mol. The van der Waals surface area contributed by atoms with E-state index in [1.54, 1.807) is 19.9 Å². The van der Waals surface area contributed by atoms with Crippen LogP contribution in [0.4, 0.5) is 0 Å². The molecule has 23 heavy (non-hydrogen) atoms. The minimum Gasteiger partial charge on any atom is -0.481 e. The molecule has 2 N–H and O–H groups in total. The maximum atomic E-state index is 12.8. The van der Waals surface area contributed by atoms with Crippen molar-refractivity contribution in [2.24, 2.45) is 11.3 Å². The lowest BCUT2D eigenvalue weighted by Gasteiger charge is -2.33. The van der Waals surface area contributed by atoms with Crippen LogP contribution in [0.15, 0.2) is 10.9 Å². The first-order valence-electron chi connectivity index (χ1n) is 7.66. The van der Waals surface area contributed by atoms with Gasteiger partial charge in [0.2, 0.25) is 0 Å². The fourth-order valence-corrected chi connectivity index (χ4v) is 3.73. The number of carboxylic acid groups (broad SMARTS) is 1. The molecule has 124 valence electrons. The van der Waals surface area contributed by atoms with Gasteiger partial charge in [-0.25, -0.2) is 0 Å². The monoisotopic (exact) mass is 320 g/mol. The van der Waals surface area contributed by atoms with E-state index in [0.29, 0.717) is 37.4 Å². The number of aryl methyl sites for hydroxylation is 2. The van der Waals surface area contributed by atoms with E-state index in [2.05, 4.69) is 4.98 Å². The normalized spacial score (nSPS) is 26.9. The highest BCUT2D eigenvalue weighted by Gasteiger charge is 2.55. The zero-order valence-electron chi connectivity index (χ0n) is 13.2. The van der Waals surface area contributed by atoms with Gasteiger partial charge >= 0.3 is 5.97 Å². The number of hydrogen-bond donors (Lipinski definition) is 2. The van der Waals surface area contributed by atoms with Crippen LogP contribution in [0.25, 0.3) is 0 Å². The molecule has 2 saturated heterocycles. The van der Waals surface area contributed by atoms with Crippen molar-refractivity contribution >= 4 is 11.9 Å². The van der Waals surface area contributed by atoms with Gasteiger partial charge in [0.05, 0.1) is 12.0 Å². The summed E-state index contributed by atoms with van der Waals surface area (Å²) in [5.74, 6) is -1.53. The average Bonchev–Trinajstić information content (AvgIpc) is 2.87. The minimum atomic E-state index is -0.959. The number of likely N-dealkylation sites (tertiary alicyclic amines) is 1. The predicted octanol–water partition coefficient (Wildman–Crippen LogP) is 0.555. The SMILES string of the molecule is Cc1cc(C)c(C(=O)N2C[C@H]3COCC[C@@]3(C(=O)O)C2)c(=O)[nH]1. The molecular formula is C16H20N2O5. The van der Waals surface area contributed by atoms with Gasteiger partial charge in [0.15, 0.2) is 0 Å². The topological polar surface area (TPSA) is 99.7 Å². The molecule has 0 aliphatic carbocycles. The molecular weight excluding hydrogens is 300 g/mol. The molecule has 2 atom stereocenters. The van der Waals surface area contributed by atoms with Gasteiger partial charge in [-0.1, -0.05) is 0 Å². The van der Waals surface area contributed by atoms with E-state index in [9.17, 15) is 19.5 Å². The first-order chi connectivity index (χ1) is 10.8. The number of hydrogen-bond acceptors (Lipinski definition) is 4. The molecule has 1 aromatic heterocycles. The lowest BCUT2D eigenvalue weighted by atomic mass is 9.74. The van der Waals surface area contributed by atoms with Gasteiger partial charge in [-0.3, -0.25) is 14.4 Å². The highest BCUT2D eigenvalue weighted by molar-refractivity contribution is 5.96. The molecule has 2 fully saturated rings. The number of rotatable bonds is 2. The first kappa shape index (κ1) is 15.7. The Hall–Kier alpha value is -2.15. The van der Waals surface area contributed by atoms with Gasteiger partial charge in [0.25, 0.3) is 11.5 Å². The van der Waals surface area contributed by atoms with Gasteiger partial charge in [0, 0.05) is 31.3 Å². The van der Waals surface area contributed by atoms with Crippen molar-refractivity contribution in [3.8, 4) is 0 Å². The number of ether oxygens (including phenoxy) is 1. The predicted molar refractivity (Wildman–Crippen MR) is 81.4 cm³/mol. The largest absolute Gasteiger partial charge is 0.481 e. The van der Waals surface area contributed by atoms with Crippen LogP contribution in [0.3, 0.4) is 0 Å². The van der Waals surface area contributed by atoms with Crippen molar-refractivity contribution in [1.82, 2.24) is 9.88 Å². The highest BCUT2D eigenvalue weighted by Crippen LogP contribution is 2.42. The number of nitrogens with one attached hydrogen (secondary N) is 1. The van der Waals surface area contributed by atoms with Gasteiger partial charge < -0.3 is 19.7 Å². The van der Waals surface area contributed by atoms with Crippen molar-refractivity contribution in [3.05, 3.63) is 33.2 Å². The molecule has 0 aromatic carbocycles. The van der Waals surface area contributed by atoms with E-state index in [4.69, 9.17) is 4.74 Å². The standard InChI is InChI=1S/C16H20N2O5/c1-9-5-10(2)17-13(19)12(9)14(20)18-6-11-7-23-4-3-16(11,8-18)15(21)22/h5,11H,3-4,6-8H2,1-2H3,(H,17,19)(H,21,22)/t11-,16+/m0/s1. The summed E-state index contributed by atoms with van der Waals surface area (Å²) in [7, 11) is 0. The van der Waals surface area contributed by atoms with Crippen LogP contribution in [0.1, 0.15) is 28.0 Å². The Morgan fingerprint density at radius 1 is 1.43 bits per heavy atom. The van der Waals surface area contributed by atoms with Crippen LogP contribution in [-0.4, -0.2) is 53.2 Å². The summed E-state index contributed by atoms with van der Waals surface area (Å²) in [5.41, 5.74) is -0.000725. The van der Waals surface area contributed by atoms with E-state index < -0.39 is 22.9 Å². The first-order valence-corrected chi connectivity index (χ1v) is 7.66. The molecule has 2 aliphatic rings. The van der Waals surface area contributed by atoms with E-state index in [-0.39, 0.29) is 18.0 Å². The van der Waals surface area contributed by atoms with Crippen molar-refractivity contribution in [2.45, 2.75) is 20.3 Å². The number of aromatic amines is 1. The maximum Gasteiger partial charge on any atom is 0.311 e. The number of fused-ring (bicyclic) bond motifs is 1. The summed E-state index contributed by atoms with van der Waals surface area (Å²) in [6.45, 7) is 4.62. The van der Waals surface area contributed by atoms with Gasteiger partial charge in [-0.05, 0) is 31.9 Å². The van der Waals surface area contributed by atoms with E-state index in [1.807, 2.05) is 0 Å². The van der Waals surface area contributed by atoms with Crippen LogP contribution >= 0.6 is 0 Å².